The summed E-state index contributed by atoms with van der Waals surface area (Å²) >= 11 is 0. The van der Waals surface area contributed by atoms with Crippen molar-refractivity contribution in [1.29, 1.82) is 0 Å². The molecule has 0 aliphatic carbocycles. The first-order valence-electron chi connectivity index (χ1n) is 7.27. The summed E-state index contributed by atoms with van der Waals surface area (Å²) in [5, 5.41) is 3.27. The number of hydrogen-bond acceptors (Lipinski definition) is 5. The van der Waals surface area contributed by atoms with Crippen molar-refractivity contribution in [2.75, 3.05) is 18.2 Å². The van der Waals surface area contributed by atoms with Crippen LogP contribution >= 0.6 is 0 Å². The molecule has 116 valence electrons. The van der Waals surface area contributed by atoms with Crippen molar-refractivity contribution >= 4 is 17.2 Å². The Labute approximate surface area is 135 Å². The van der Waals surface area contributed by atoms with Crippen LogP contribution < -0.4 is 15.8 Å². The number of nitrogens with two attached hydrogens (primary N) is 1. The van der Waals surface area contributed by atoms with Crippen molar-refractivity contribution in [1.82, 2.24) is 9.97 Å². The fourth-order valence-corrected chi connectivity index (χ4v) is 2.26. The lowest BCUT2D eigenvalue weighted by atomic mass is 10.1. The molecule has 0 spiro atoms. The zero-order valence-electron chi connectivity index (χ0n) is 13.1. The molecule has 0 aliphatic heterocycles. The molecule has 2 aromatic carbocycles. The first kappa shape index (κ1) is 14.8. The van der Waals surface area contributed by atoms with Gasteiger partial charge in [0, 0.05) is 23.0 Å². The molecule has 0 saturated heterocycles. The van der Waals surface area contributed by atoms with Gasteiger partial charge in [0.15, 0.2) is 0 Å². The van der Waals surface area contributed by atoms with Crippen LogP contribution in [0.15, 0.2) is 54.6 Å². The highest BCUT2D eigenvalue weighted by molar-refractivity contribution is 5.66. The normalized spacial score (nSPS) is 10.3. The summed E-state index contributed by atoms with van der Waals surface area (Å²) in [7, 11) is 1.65. The summed E-state index contributed by atoms with van der Waals surface area (Å²) in [6.45, 7) is 1.88. The van der Waals surface area contributed by atoms with E-state index in [1.165, 1.54) is 0 Å². The Morgan fingerprint density at radius 2 is 1.65 bits per heavy atom. The molecule has 0 radical (unpaired) electrons. The second kappa shape index (κ2) is 6.36. The second-order valence-electron chi connectivity index (χ2n) is 5.16. The number of nitrogens with zero attached hydrogens (tertiary/aromatic N) is 2. The Bertz CT molecular complexity index is 798. The van der Waals surface area contributed by atoms with Crippen molar-refractivity contribution in [2.24, 2.45) is 0 Å². The van der Waals surface area contributed by atoms with Crippen LogP contribution in [-0.2, 0) is 0 Å². The molecule has 3 aromatic rings. The summed E-state index contributed by atoms with van der Waals surface area (Å²) in [6, 6.07) is 17.2. The summed E-state index contributed by atoms with van der Waals surface area (Å²) in [5.74, 6) is 2.27. The first-order chi connectivity index (χ1) is 11.1. The molecule has 0 fully saturated rings. The molecule has 0 atom stereocenters. The zero-order chi connectivity index (χ0) is 16.2. The lowest BCUT2D eigenvalue weighted by Gasteiger charge is -2.09. The quantitative estimate of drug-likeness (QED) is 0.717. The molecule has 5 nitrogen and oxygen atoms in total. The van der Waals surface area contributed by atoms with Gasteiger partial charge in [0.2, 0.25) is 0 Å². The number of rotatable bonds is 4. The van der Waals surface area contributed by atoms with Gasteiger partial charge in [-0.05, 0) is 55.5 Å². The molecule has 0 bridgehead atoms. The van der Waals surface area contributed by atoms with Crippen LogP contribution in [0.3, 0.4) is 0 Å². The molecule has 3 rings (SSSR count). The van der Waals surface area contributed by atoms with Crippen molar-refractivity contribution in [2.45, 2.75) is 6.92 Å². The highest BCUT2D eigenvalue weighted by atomic mass is 16.5. The van der Waals surface area contributed by atoms with E-state index < -0.39 is 0 Å². The molecule has 0 aliphatic rings. The second-order valence-corrected chi connectivity index (χ2v) is 5.16. The number of aryl methyl sites for hydroxylation is 1. The van der Waals surface area contributed by atoms with E-state index in [9.17, 15) is 0 Å². The third kappa shape index (κ3) is 3.58. The fraction of sp³-hybridized carbons (Fsp3) is 0.111. The lowest BCUT2D eigenvalue weighted by molar-refractivity contribution is 0.415. The van der Waals surface area contributed by atoms with E-state index in [-0.39, 0.29) is 0 Å². The van der Waals surface area contributed by atoms with E-state index in [0.29, 0.717) is 5.82 Å². The van der Waals surface area contributed by atoms with Gasteiger partial charge < -0.3 is 15.8 Å². The number of nitrogens with one attached hydrogen (secondary N) is 1. The number of methoxy groups -OCH3 is 1. The SMILES string of the molecule is COc1ccc(-c2cc(Nc3ccc(N)cc3)nc(C)n2)cc1. The van der Waals surface area contributed by atoms with Crippen LogP contribution in [0, 0.1) is 6.92 Å². The van der Waals surface area contributed by atoms with Gasteiger partial charge in [-0.3, -0.25) is 0 Å². The lowest BCUT2D eigenvalue weighted by Crippen LogP contribution is -1.99. The van der Waals surface area contributed by atoms with E-state index >= 15 is 0 Å². The van der Waals surface area contributed by atoms with Gasteiger partial charge >= 0.3 is 0 Å². The van der Waals surface area contributed by atoms with Crippen LogP contribution in [0.2, 0.25) is 0 Å². The number of ether oxygens (including phenoxy) is 1. The van der Waals surface area contributed by atoms with Crippen LogP contribution in [0.4, 0.5) is 17.2 Å². The zero-order valence-corrected chi connectivity index (χ0v) is 13.1. The number of benzene rings is 2. The summed E-state index contributed by atoms with van der Waals surface area (Å²) in [4.78, 5) is 8.94. The molecule has 0 amide bonds. The smallest absolute Gasteiger partial charge is 0.134 e. The number of anilines is 3. The van der Waals surface area contributed by atoms with Gasteiger partial charge in [0.25, 0.3) is 0 Å². The maximum atomic E-state index is 5.70. The highest BCUT2D eigenvalue weighted by Gasteiger charge is 2.05. The van der Waals surface area contributed by atoms with Crippen LogP contribution in [0.5, 0.6) is 5.75 Å². The molecule has 0 saturated carbocycles. The van der Waals surface area contributed by atoms with Crippen LogP contribution in [-0.4, -0.2) is 17.1 Å². The van der Waals surface area contributed by atoms with E-state index in [1.807, 2.05) is 61.5 Å². The minimum atomic E-state index is 0.705. The van der Waals surface area contributed by atoms with Gasteiger partial charge in [-0.2, -0.15) is 0 Å². The molecular formula is C18H18N4O. The summed E-state index contributed by atoms with van der Waals surface area (Å²) in [6.07, 6.45) is 0. The third-order valence-corrected chi connectivity index (χ3v) is 3.41. The Hall–Kier alpha value is -3.08. The summed E-state index contributed by atoms with van der Waals surface area (Å²) < 4.78 is 5.19. The topological polar surface area (TPSA) is 73.1 Å². The molecule has 1 heterocycles. The van der Waals surface area contributed by atoms with Gasteiger partial charge in [-0.15, -0.1) is 0 Å². The van der Waals surface area contributed by atoms with Gasteiger partial charge in [0.1, 0.15) is 17.4 Å². The van der Waals surface area contributed by atoms with Crippen molar-refractivity contribution in [3.05, 3.63) is 60.4 Å². The monoisotopic (exact) mass is 306 g/mol. The average molecular weight is 306 g/mol. The van der Waals surface area contributed by atoms with Crippen molar-refractivity contribution < 1.29 is 4.74 Å². The predicted molar refractivity (Wildman–Crippen MR) is 92.9 cm³/mol. The summed E-state index contributed by atoms with van der Waals surface area (Å²) in [5.41, 5.74) is 9.23. The van der Waals surface area contributed by atoms with Gasteiger partial charge in [-0.25, -0.2) is 9.97 Å². The van der Waals surface area contributed by atoms with Crippen LogP contribution in [0.25, 0.3) is 11.3 Å². The van der Waals surface area contributed by atoms with E-state index in [0.717, 1.165) is 34.2 Å². The van der Waals surface area contributed by atoms with E-state index in [1.54, 1.807) is 7.11 Å². The standard InChI is InChI=1S/C18H18N4O/c1-12-20-17(13-3-9-16(23-2)10-4-13)11-18(21-12)22-15-7-5-14(19)6-8-15/h3-11H,19H2,1-2H3,(H,20,21,22). The minimum absolute atomic E-state index is 0.705. The molecular weight excluding hydrogens is 288 g/mol. The van der Waals surface area contributed by atoms with E-state index in [4.69, 9.17) is 10.5 Å². The molecule has 23 heavy (non-hydrogen) atoms. The maximum absolute atomic E-state index is 5.70. The Kier molecular flexibility index (Phi) is 4.10. The average Bonchev–Trinajstić information content (AvgIpc) is 2.56. The first-order valence-corrected chi connectivity index (χ1v) is 7.27. The maximum Gasteiger partial charge on any atom is 0.134 e. The van der Waals surface area contributed by atoms with Gasteiger partial charge in [-0.1, -0.05) is 0 Å². The molecule has 0 unspecified atom stereocenters. The number of nitrogen functional groups attached to an aromatic ring is 1. The Morgan fingerprint density at radius 1 is 0.957 bits per heavy atom. The van der Waals surface area contributed by atoms with E-state index in [2.05, 4.69) is 15.3 Å². The Morgan fingerprint density at radius 3 is 2.30 bits per heavy atom. The fourth-order valence-electron chi connectivity index (χ4n) is 2.26. The molecule has 1 aromatic heterocycles. The van der Waals surface area contributed by atoms with Crippen LogP contribution in [0.1, 0.15) is 5.82 Å². The highest BCUT2D eigenvalue weighted by Crippen LogP contribution is 2.24. The van der Waals surface area contributed by atoms with Crippen molar-refractivity contribution in [3.63, 3.8) is 0 Å². The number of aromatic nitrogens is 2. The molecule has 5 heteroatoms. The van der Waals surface area contributed by atoms with Crippen molar-refractivity contribution in [3.8, 4) is 17.0 Å². The third-order valence-electron chi connectivity index (χ3n) is 3.41. The van der Waals surface area contributed by atoms with Gasteiger partial charge in [0.05, 0.1) is 12.8 Å². The largest absolute Gasteiger partial charge is 0.497 e. The molecule has 3 N–H and O–H groups in total. The minimum Gasteiger partial charge on any atom is -0.497 e. The predicted octanol–water partition coefficient (Wildman–Crippen LogP) is 3.79. The number of hydrogen-bond donors (Lipinski definition) is 2. The Balaban J connectivity index is 1.90.